The van der Waals surface area contributed by atoms with Gasteiger partial charge in [0.25, 0.3) is 0 Å². The van der Waals surface area contributed by atoms with Crippen LogP contribution in [-0.2, 0) is 9.53 Å². The molecule has 10 heavy (non-hydrogen) atoms. The zero-order chi connectivity index (χ0) is 7.98. The van der Waals surface area contributed by atoms with E-state index in [4.69, 9.17) is 16.7 Å². The van der Waals surface area contributed by atoms with Crippen LogP contribution in [0.4, 0.5) is 0 Å². The van der Waals surface area contributed by atoms with E-state index in [1.165, 1.54) is 0 Å². The zero-order valence-corrected chi connectivity index (χ0v) is 6.60. The number of halogens is 1. The van der Waals surface area contributed by atoms with Gasteiger partial charge in [0.1, 0.15) is 0 Å². The lowest BCUT2D eigenvalue weighted by Gasteiger charge is -2.06. The number of ether oxygens (including phenoxy) is 1. The van der Waals surface area contributed by atoms with Crippen molar-refractivity contribution in [3.05, 3.63) is 0 Å². The minimum atomic E-state index is -1.06. The largest absolute Gasteiger partial charge is 0.464 e. The molecule has 0 aromatic rings. The predicted molar refractivity (Wildman–Crippen MR) is 38.0 cm³/mol. The molecule has 0 saturated heterocycles. The fourth-order valence-corrected chi connectivity index (χ4v) is 0.666. The van der Waals surface area contributed by atoms with Gasteiger partial charge in [0.2, 0.25) is 0 Å². The maximum absolute atomic E-state index is 10.6. The quantitative estimate of drug-likeness (QED) is 0.490. The lowest BCUT2D eigenvalue weighted by Crippen LogP contribution is -2.23. The van der Waals surface area contributed by atoms with Crippen molar-refractivity contribution in [1.29, 1.82) is 0 Å². The first-order valence-corrected chi connectivity index (χ1v) is 3.66. The average molecular weight is 167 g/mol. The summed E-state index contributed by atoms with van der Waals surface area (Å²) in [5, 5.41) is 8.89. The molecule has 0 aromatic carbocycles. The van der Waals surface area contributed by atoms with Crippen LogP contribution in [0.15, 0.2) is 0 Å². The van der Waals surface area contributed by atoms with E-state index in [0.29, 0.717) is 0 Å². The molecule has 0 aliphatic heterocycles. The molecule has 0 fully saturated rings. The van der Waals surface area contributed by atoms with E-state index >= 15 is 0 Å². The van der Waals surface area contributed by atoms with Gasteiger partial charge >= 0.3 is 5.97 Å². The maximum Gasteiger partial charge on any atom is 0.334 e. The molecule has 0 unspecified atom stereocenters. The van der Waals surface area contributed by atoms with Crippen LogP contribution in [0.3, 0.4) is 0 Å². The molecule has 0 bridgehead atoms. The topological polar surface area (TPSA) is 46.5 Å². The summed E-state index contributed by atoms with van der Waals surface area (Å²) in [6, 6.07) is 0. The summed E-state index contributed by atoms with van der Waals surface area (Å²) >= 11 is 5.27. The van der Waals surface area contributed by atoms with E-state index < -0.39 is 12.1 Å². The number of esters is 1. The lowest BCUT2D eigenvalue weighted by atomic mass is 10.3. The van der Waals surface area contributed by atoms with Gasteiger partial charge in [-0.15, -0.1) is 11.6 Å². The lowest BCUT2D eigenvalue weighted by molar-refractivity contribution is -0.153. The Balaban J connectivity index is 3.49. The van der Waals surface area contributed by atoms with Gasteiger partial charge in [0.15, 0.2) is 6.10 Å². The van der Waals surface area contributed by atoms with Crippen LogP contribution in [0.2, 0.25) is 0 Å². The summed E-state index contributed by atoms with van der Waals surface area (Å²) in [6.45, 7) is 1.98. The molecule has 60 valence electrons. The first-order valence-electron chi connectivity index (χ1n) is 3.13. The summed E-state index contributed by atoms with van der Waals surface area (Å²) in [5.74, 6) is -0.330. The van der Waals surface area contributed by atoms with Gasteiger partial charge in [0, 0.05) is 5.88 Å². The van der Waals surface area contributed by atoms with E-state index in [0.717, 1.165) is 0 Å². The van der Waals surface area contributed by atoms with Crippen LogP contribution in [0.5, 0.6) is 0 Å². The van der Waals surface area contributed by atoms with Crippen molar-refractivity contribution in [3.8, 4) is 0 Å². The molecule has 0 saturated carbocycles. The molecule has 0 aromatic heterocycles. The van der Waals surface area contributed by atoms with Crippen LogP contribution in [0.25, 0.3) is 0 Å². The number of aliphatic hydroxyl groups excluding tert-OH is 1. The summed E-state index contributed by atoms with van der Waals surface area (Å²) in [5.41, 5.74) is 0. The second-order valence-electron chi connectivity index (χ2n) is 1.75. The molecule has 1 N–H and O–H groups in total. The third kappa shape index (κ3) is 3.69. The highest BCUT2D eigenvalue weighted by molar-refractivity contribution is 6.18. The van der Waals surface area contributed by atoms with Crippen molar-refractivity contribution in [3.63, 3.8) is 0 Å². The van der Waals surface area contributed by atoms with E-state index in [1.54, 1.807) is 6.92 Å². The van der Waals surface area contributed by atoms with Crippen LogP contribution in [-0.4, -0.2) is 29.7 Å². The number of hydrogen-bond acceptors (Lipinski definition) is 3. The summed E-state index contributed by atoms with van der Waals surface area (Å²) in [4.78, 5) is 10.6. The average Bonchev–Trinajstić information content (AvgIpc) is 1.89. The molecule has 0 heterocycles. The molecule has 0 spiro atoms. The fourth-order valence-electron chi connectivity index (χ4n) is 0.460. The normalized spacial score (nSPS) is 12.7. The van der Waals surface area contributed by atoms with Crippen molar-refractivity contribution in [1.82, 2.24) is 0 Å². The number of carbonyl (C=O) groups excluding carboxylic acids is 1. The number of carbonyl (C=O) groups is 1. The highest BCUT2D eigenvalue weighted by Gasteiger charge is 2.14. The standard InChI is InChI=1S/C6H11ClO3/c1-2-10-6(9)5(8)3-4-7/h5,8H,2-4H2,1H3/t5-/m0/s1. The van der Waals surface area contributed by atoms with Gasteiger partial charge in [-0.3, -0.25) is 0 Å². The Labute approximate surface area is 64.9 Å². The van der Waals surface area contributed by atoms with Gasteiger partial charge in [-0.2, -0.15) is 0 Å². The Morgan fingerprint density at radius 1 is 1.80 bits per heavy atom. The minimum absolute atomic E-state index is 0.250. The Hall–Kier alpha value is -0.280. The zero-order valence-electron chi connectivity index (χ0n) is 5.84. The van der Waals surface area contributed by atoms with Crippen molar-refractivity contribution in [2.24, 2.45) is 0 Å². The summed E-state index contributed by atoms with van der Waals surface area (Å²) in [6.07, 6.45) is -0.808. The Morgan fingerprint density at radius 2 is 2.40 bits per heavy atom. The molecule has 0 amide bonds. The van der Waals surface area contributed by atoms with Crippen LogP contribution < -0.4 is 0 Å². The van der Waals surface area contributed by atoms with E-state index in [1.807, 2.05) is 0 Å². The van der Waals surface area contributed by atoms with Gasteiger partial charge in [0.05, 0.1) is 6.61 Å². The van der Waals surface area contributed by atoms with E-state index in [9.17, 15) is 4.79 Å². The third-order valence-corrected chi connectivity index (χ3v) is 1.16. The summed E-state index contributed by atoms with van der Waals surface area (Å²) < 4.78 is 4.51. The van der Waals surface area contributed by atoms with Gasteiger partial charge in [-0.1, -0.05) is 0 Å². The highest BCUT2D eigenvalue weighted by Crippen LogP contribution is 1.96. The van der Waals surface area contributed by atoms with Crippen LogP contribution >= 0.6 is 11.6 Å². The Kier molecular flexibility index (Phi) is 5.35. The van der Waals surface area contributed by atoms with Crippen molar-refractivity contribution >= 4 is 17.6 Å². The molecule has 1 atom stereocenters. The first-order chi connectivity index (χ1) is 4.72. The predicted octanol–water partition coefficient (Wildman–Crippen LogP) is 0.539. The highest BCUT2D eigenvalue weighted by atomic mass is 35.5. The molecule has 0 rings (SSSR count). The molecule has 0 aliphatic carbocycles. The molecule has 4 heteroatoms. The third-order valence-electron chi connectivity index (χ3n) is 0.941. The molecule has 0 aliphatic rings. The molecule has 3 nitrogen and oxygen atoms in total. The monoisotopic (exact) mass is 166 g/mol. The second-order valence-corrected chi connectivity index (χ2v) is 2.12. The van der Waals surface area contributed by atoms with Gasteiger partial charge < -0.3 is 9.84 Å². The number of alkyl halides is 1. The van der Waals surface area contributed by atoms with Crippen molar-refractivity contribution < 1.29 is 14.6 Å². The van der Waals surface area contributed by atoms with Gasteiger partial charge in [-0.05, 0) is 13.3 Å². The number of rotatable bonds is 4. The van der Waals surface area contributed by atoms with Gasteiger partial charge in [-0.25, -0.2) is 4.79 Å². The summed E-state index contributed by atoms with van der Waals surface area (Å²) in [7, 11) is 0. The van der Waals surface area contributed by atoms with Crippen LogP contribution in [0, 0.1) is 0 Å². The molecular weight excluding hydrogens is 156 g/mol. The fraction of sp³-hybridized carbons (Fsp3) is 0.833. The number of aliphatic hydroxyl groups is 1. The SMILES string of the molecule is CCOC(=O)[C@@H](O)CCCl. The van der Waals surface area contributed by atoms with E-state index in [-0.39, 0.29) is 18.9 Å². The smallest absolute Gasteiger partial charge is 0.334 e. The van der Waals surface area contributed by atoms with Crippen LogP contribution in [0.1, 0.15) is 13.3 Å². The first kappa shape index (κ1) is 9.72. The molecular formula is C6H11ClO3. The van der Waals surface area contributed by atoms with Crippen molar-refractivity contribution in [2.45, 2.75) is 19.4 Å². The Morgan fingerprint density at radius 3 is 2.80 bits per heavy atom. The Bertz CT molecular complexity index is 105. The van der Waals surface area contributed by atoms with E-state index in [2.05, 4.69) is 4.74 Å². The minimum Gasteiger partial charge on any atom is -0.464 e. The van der Waals surface area contributed by atoms with Crippen molar-refractivity contribution in [2.75, 3.05) is 12.5 Å². The maximum atomic E-state index is 10.6. The second kappa shape index (κ2) is 5.50. The number of hydrogen-bond donors (Lipinski definition) is 1. The molecule has 0 radical (unpaired) electrons.